The lowest BCUT2D eigenvalue weighted by Gasteiger charge is -2.34. The van der Waals surface area contributed by atoms with E-state index in [1.54, 1.807) is 0 Å². The fraction of sp³-hybridized carbons (Fsp3) is 0.800. The number of thioether (sulfide) groups is 2. The Balaban J connectivity index is 0. The van der Waals surface area contributed by atoms with Crippen LogP contribution in [0.15, 0.2) is 0 Å². The summed E-state index contributed by atoms with van der Waals surface area (Å²) in [6.07, 6.45) is 0. The third-order valence-corrected chi connectivity index (χ3v) is 5.02. The Morgan fingerprint density at radius 1 is 0.864 bits per heavy atom. The van der Waals surface area contributed by atoms with Crippen molar-refractivity contribution in [2.75, 3.05) is 37.8 Å². The second kappa shape index (κ2) is 11.9. The molecule has 1 aliphatic rings. The third kappa shape index (κ3) is 8.75. The predicted octanol–water partition coefficient (Wildman–Crippen LogP) is -3.11. The molecule has 22 heavy (non-hydrogen) atoms. The molecule has 10 nitrogen and oxygen atoms in total. The van der Waals surface area contributed by atoms with E-state index in [-0.39, 0.29) is 24.7 Å². The number of aliphatic hydroxyl groups is 4. The van der Waals surface area contributed by atoms with Crippen LogP contribution in [-0.2, 0) is 9.59 Å². The highest BCUT2D eigenvalue weighted by atomic mass is 32.2. The maximum Gasteiger partial charge on any atom is 0.347 e. The Kier molecular flexibility index (Phi) is 12.8. The summed E-state index contributed by atoms with van der Waals surface area (Å²) in [7, 11) is 0. The Hall–Kier alpha value is -0.600. The summed E-state index contributed by atoms with van der Waals surface area (Å²) >= 11 is 1.03. The number of carbonyl (C=O) groups is 2. The maximum absolute atomic E-state index is 10.5. The molecule has 0 saturated carbocycles. The summed E-state index contributed by atoms with van der Waals surface area (Å²) in [6, 6.07) is 0. The smallest absolute Gasteiger partial charge is 0.347 e. The molecule has 1 rings (SSSR count). The lowest BCUT2D eigenvalue weighted by Crippen LogP contribution is -2.50. The molecule has 0 radical (unpaired) electrons. The van der Waals surface area contributed by atoms with Crippen molar-refractivity contribution >= 4 is 35.5 Å². The first kappa shape index (κ1) is 23.7. The molecule has 132 valence electrons. The minimum absolute atomic E-state index is 0.0972. The Morgan fingerprint density at radius 3 is 1.18 bits per heavy atom. The van der Waals surface area contributed by atoms with Crippen molar-refractivity contribution in [3.05, 3.63) is 0 Å². The van der Waals surface area contributed by atoms with Gasteiger partial charge in [0.15, 0.2) is 0 Å². The van der Waals surface area contributed by atoms with Crippen molar-refractivity contribution in [1.82, 2.24) is 0 Å². The number of hydrogen-bond donors (Lipinski definition) is 8. The quantitative estimate of drug-likeness (QED) is 0.250. The number of carboxylic acid groups (broad SMARTS) is 2. The summed E-state index contributed by atoms with van der Waals surface area (Å²) < 4.78 is 0. The van der Waals surface area contributed by atoms with Gasteiger partial charge in [-0.2, -0.15) is 0 Å². The van der Waals surface area contributed by atoms with Gasteiger partial charge in [0.25, 0.3) is 0 Å². The summed E-state index contributed by atoms with van der Waals surface area (Å²) in [5.41, 5.74) is 9.56. The molecule has 0 aliphatic carbocycles. The van der Waals surface area contributed by atoms with Gasteiger partial charge < -0.3 is 42.1 Å². The fourth-order valence-corrected chi connectivity index (χ4v) is 3.15. The molecule has 12 heteroatoms. The topological polar surface area (TPSA) is 208 Å². The lowest BCUT2D eigenvalue weighted by molar-refractivity contribution is -0.150. The van der Waals surface area contributed by atoms with Crippen molar-refractivity contribution in [2.45, 2.75) is 9.87 Å². The molecule has 0 amide bonds. The molecular weight excluding hydrogens is 340 g/mol. The summed E-state index contributed by atoms with van der Waals surface area (Å²) in [5, 5.41) is 51.5. The second-order valence-corrected chi connectivity index (χ2v) is 6.29. The average Bonchev–Trinajstić information content (AvgIpc) is 2.50. The van der Waals surface area contributed by atoms with E-state index in [0.717, 1.165) is 0 Å². The molecule has 10 N–H and O–H groups in total. The first-order valence-electron chi connectivity index (χ1n) is 5.94. The van der Waals surface area contributed by atoms with Crippen LogP contribution in [0.2, 0.25) is 0 Å². The minimum atomic E-state index is -2.01. The molecule has 0 aromatic carbocycles. The van der Waals surface area contributed by atoms with Crippen LogP contribution in [0.3, 0.4) is 0 Å². The standard InChI is InChI=1S/C6H8O6S2.2C2H7NO/c7-3(8)5(11)1-13-6(12,2-14-5)4(9)10;2*3-1-2-4/h11-12H,1-2H2,(H,7,8)(H,9,10);2*4H,1-3H2. The molecule has 1 saturated heterocycles. The first-order chi connectivity index (χ1) is 10.1. The van der Waals surface area contributed by atoms with E-state index in [4.69, 9.17) is 31.9 Å². The van der Waals surface area contributed by atoms with Crippen molar-refractivity contribution in [3.8, 4) is 0 Å². The van der Waals surface area contributed by atoms with Gasteiger partial charge in [-0.3, -0.25) is 0 Å². The van der Waals surface area contributed by atoms with Crippen LogP contribution in [-0.4, -0.2) is 90.3 Å². The van der Waals surface area contributed by atoms with Crippen LogP contribution in [0.5, 0.6) is 0 Å². The van der Waals surface area contributed by atoms with Gasteiger partial charge in [0.1, 0.15) is 0 Å². The zero-order chi connectivity index (χ0) is 17.8. The molecule has 1 aliphatic heterocycles. The van der Waals surface area contributed by atoms with Crippen LogP contribution in [0, 0.1) is 0 Å². The van der Waals surface area contributed by atoms with Gasteiger partial charge in [0, 0.05) is 24.6 Å². The SMILES string of the molecule is NCCO.NCCO.O=C(O)C1(O)CSC(O)(C(=O)O)CS1. The Morgan fingerprint density at radius 2 is 1.09 bits per heavy atom. The molecule has 1 heterocycles. The normalized spacial score (nSPS) is 26.8. The highest BCUT2D eigenvalue weighted by molar-refractivity contribution is 8.08. The van der Waals surface area contributed by atoms with E-state index >= 15 is 0 Å². The molecule has 0 aromatic rings. The van der Waals surface area contributed by atoms with Crippen LogP contribution < -0.4 is 11.5 Å². The van der Waals surface area contributed by atoms with Crippen molar-refractivity contribution in [3.63, 3.8) is 0 Å². The molecule has 0 spiro atoms. The highest BCUT2D eigenvalue weighted by Crippen LogP contribution is 2.42. The van der Waals surface area contributed by atoms with E-state index in [0.29, 0.717) is 36.6 Å². The molecule has 1 fully saturated rings. The number of rotatable bonds is 4. The summed E-state index contributed by atoms with van der Waals surface area (Å²) in [5.74, 6) is -3.59. The Labute approximate surface area is 135 Å². The van der Waals surface area contributed by atoms with E-state index < -0.39 is 21.8 Å². The molecular formula is C10H22N2O8S2. The zero-order valence-electron chi connectivity index (χ0n) is 11.7. The van der Waals surface area contributed by atoms with Crippen LogP contribution in [0.1, 0.15) is 0 Å². The van der Waals surface area contributed by atoms with Crippen molar-refractivity contribution in [2.24, 2.45) is 11.5 Å². The average molecular weight is 362 g/mol. The van der Waals surface area contributed by atoms with E-state index in [1.807, 2.05) is 0 Å². The number of aliphatic hydroxyl groups excluding tert-OH is 2. The minimum Gasteiger partial charge on any atom is -0.478 e. The van der Waals surface area contributed by atoms with E-state index in [1.165, 1.54) is 0 Å². The van der Waals surface area contributed by atoms with Gasteiger partial charge in [-0.1, -0.05) is 0 Å². The van der Waals surface area contributed by atoms with Crippen LogP contribution >= 0.6 is 23.5 Å². The summed E-state index contributed by atoms with van der Waals surface area (Å²) in [4.78, 5) is 17.1. The summed E-state index contributed by atoms with van der Waals surface area (Å²) in [6.45, 7) is 0.944. The van der Waals surface area contributed by atoms with Crippen molar-refractivity contribution < 1.29 is 40.2 Å². The van der Waals surface area contributed by atoms with Gasteiger partial charge in [0.2, 0.25) is 9.87 Å². The monoisotopic (exact) mass is 362 g/mol. The Bertz CT molecular complexity index is 301. The van der Waals surface area contributed by atoms with Gasteiger partial charge >= 0.3 is 11.9 Å². The van der Waals surface area contributed by atoms with Crippen LogP contribution in [0.4, 0.5) is 0 Å². The van der Waals surface area contributed by atoms with Gasteiger partial charge in [0.05, 0.1) is 13.2 Å². The maximum atomic E-state index is 10.5. The van der Waals surface area contributed by atoms with E-state index in [9.17, 15) is 19.8 Å². The molecule has 0 aromatic heterocycles. The fourth-order valence-electron chi connectivity index (χ4n) is 0.765. The zero-order valence-corrected chi connectivity index (χ0v) is 13.3. The first-order valence-corrected chi connectivity index (χ1v) is 7.92. The molecule has 2 atom stereocenters. The lowest BCUT2D eigenvalue weighted by atomic mass is 10.4. The number of carboxylic acids is 2. The predicted molar refractivity (Wildman–Crippen MR) is 82.4 cm³/mol. The second-order valence-electron chi connectivity index (χ2n) is 3.78. The number of hydrogen-bond acceptors (Lipinski definition) is 10. The molecule has 0 bridgehead atoms. The van der Waals surface area contributed by atoms with Crippen molar-refractivity contribution in [1.29, 1.82) is 0 Å². The van der Waals surface area contributed by atoms with Crippen LogP contribution in [0.25, 0.3) is 0 Å². The van der Waals surface area contributed by atoms with Gasteiger partial charge in [-0.05, 0) is 0 Å². The molecule has 2 unspecified atom stereocenters. The number of aliphatic carboxylic acids is 2. The largest absolute Gasteiger partial charge is 0.478 e. The van der Waals surface area contributed by atoms with E-state index in [2.05, 4.69) is 0 Å². The number of nitrogens with two attached hydrogens (primary N) is 2. The van der Waals surface area contributed by atoms with Gasteiger partial charge in [-0.15, -0.1) is 23.5 Å². The third-order valence-electron chi connectivity index (χ3n) is 1.94. The highest BCUT2D eigenvalue weighted by Gasteiger charge is 2.50. The van der Waals surface area contributed by atoms with Gasteiger partial charge in [-0.25, -0.2) is 9.59 Å².